The van der Waals surface area contributed by atoms with E-state index in [4.69, 9.17) is 13.9 Å². The molecule has 25 heavy (non-hydrogen) atoms. The Morgan fingerprint density at radius 3 is 3.04 bits per heavy atom. The van der Waals surface area contributed by atoms with E-state index in [1.165, 1.54) is 6.26 Å². The largest absolute Gasteiger partial charge is 0.467 e. The average molecular weight is 344 g/mol. The molecule has 1 aliphatic heterocycles. The molecule has 3 heterocycles. The summed E-state index contributed by atoms with van der Waals surface area (Å²) in [6, 6.07) is 5.64. The minimum absolute atomic E-state index is 0.220. The van der Waals surface area contributed by atoms with Gasteiger partial charge in [-0.05, 0) is 37.5 Å². The molecule has 6 nitrogen and oxygen atoms in total. The summed E-state index contributed by atoms with van der Waals surface area (Å²) in [7, 11) is 0. The van der Waals surface area contributed by atoms with E-state index >= 15 is 0 Å². The Kier molecular flexibility index (Phi) is 6.19. The van der Waals surface area contributed by atoms with E-state index in [1.54, 1.807) is 19.2 Å². The molecule has 0 aromatic carbocycles. The second-order valence-electron chi connectivity index (χ2n) is 6.14. The SMILES string of the molecule is CCOC(=O)c1ccoc1CN(Cc1cccnc1)CC1CCCO1. The first-order chi connectivity index (χ1) is 12.3. The number of furan rings is 1. The van der Waals surface area contributed by atoms with Crippen LogP contribution in [0.4, 0.5) is 0 Å². The number of pyridine rings is 1. The maximum Gasteiger partial charge on any atom is 0.341 e. The van der Waals surface area contributed by atoms with Crippen molar-refractivity contribution in [2.45, 2.75) is 39.0 Å². The van der Waals surface area contributed by atoms with Crippen LogP contribution in [0.25, 0.3) is 0 Å². The molecule has 0 saturated carbocycles. The minimum Gasteiger partial charge on any atom is -0.467 e. The summed E-state index contributed by atoms with van der Waals surface area (Å²) in [5.74, 6) is 0.282. The van der Waals surface area contributed by atoms with Crippen LogP contribution in [0, 0.1) is 0 Å². The zero-order valence-corrected chi connectivity index (χ0v) is 14.5. The number of hydrogen-bond acceptors (Lipinski definition) is 6. The maximum atomic E-state index is 12.1. The fraction of sp³-hybridized carbons (Fsp3) is 0.474. The lowest BCUT2D eigenvalue weighted by molar-refractivity contribution is 0.0515. The highest BCUT2D eigenvalue weighted by Crippen LogP contribution is 2.20. The molecule has 0 bridgehead atoms. The van der Waals surface area contributed by atoms with Crippen LogP contribution in [-0.2, 0) is 22.6 Å². The van der Waals surface area contributed by atoms with Gasteiger partial charge in [0.1, 0.15) is 11.3 Å². The summed E-state index contributed by atoms with van der Waals surface area (Å²) >= 11 is 0. The van der Waals surface area contributed by atoms with Gasteiger partial charge in [-0.1, -0.05) is 6.07 Å². The smallest absolute Gasteiger partial charge is 0.341 e. The molecule has 2 aromatic rings. The number of carbonyl (C=O) groups is 1. The number of hydrogen-bond donors (Lipinski definition) is 0. The van der Waals surface area contributed by atoms with Gasteiger partial charge in [-0.15, -0.1) is 0 Å². The van der Waals surface area contributed by atoms with Crippen LogP contribution in [0.1, 0.15) is 41.4 Å². The van der Waals surface area contributed by atoms with Gasteiger partial charge in [0.25, 0.3) is 0 Å². The van der Waals surface area contributed by atoms with E-state index in [-0.39, 0.29) is 12.1 Å². The van der Waals surface area contributed by atoms with Gasteiger partial charge in [0.05, 0.1) is 25.5 Å². The predicted octanol–water partition coefficient (Wildman–Crippen LogP) is 3.03. The summed E-state index contributed by atoms with van der Waals surface area (Å²) in [4.78, 5) is 18.5. The highest BCUT2D eigenvalue weighted by atomic mass is 16.5. The van der Waals surface area contributed by atoms with Crippen molar-refractivity contribution < 1.29 is 18.7 Å². The summed E-state index contributed by atoms with van der Waals surface area (Å²) in [5, 5.41) is 0. The Bertz CT molecular complexity index is 665. The standard InChI is InChI=1S/C19H24N2O4/c1-2-23-19(22)17-7-10-25-18(17)14-21(13-16-6-4-9-24-16)12-15-5-3-8-20-11-15/h3,5,7-8,10-11,16H,2,4,6,9,12-14H2,1H3. The third kappa shape index (κ3) is 4.90. The molecule has 1 atom stereocenters. The Balaban J connectivity index is 1.72. The maximum absolute atomic E-state index is 12.1. The molecule has 134 valence electrons. The summed E-state index contributed by atoms with van der Waals surface area (Å²) in [6.07, 6.45) is 7.54. The molecule has 1 unspecified atom stereocenters. The lowest BCUT2D eigenvalue weighted by Crippen LogP contribution is -2.32. The van der Waals surface area contributed by atoms with Crippen LogP contribution in [0.2, 0.25) is 0 Å². The Morgan fingerprint density at radius 1 is 1.40 bits per heavy atom. The van der Waals surface area contributed by atoms with Gasteiger partial charge in [-0.2, -0.15) is 0 Å². The summed E-state index contributed by atoms with van der Waals surface area (Å²) < 4.78 is 16.5. The van der Waals surface area contributed by atoms with Crippen LogP contribution in [-0.4, -0.2) is 41.7 Å². The van der Waals surface area contributed by atoms with Crippen molar-refractivity contribution in [1.82, 2.24) is 9.88 Å². The van der Waals surface area contributed by atoms with E-state index in [0.717, 1.165) is 38.1 Å². The number of aromatic nitrogens is 1. The van der Waals surface area contributed by atoms with Gasteiger partial charge < -0.3 is 13.9 Å². The highest BCUT2D eigenvalue weighted by molar-refractivity contribution is 5.90. The van der Waals surface area contributed by atoms with E-state index in [2.05, 4.69) is 9.88 Å². The molecule has 0 radical (unpaired) electrons. The van der Waals surface area contributed by atoms with Gasteiger partial charge in [0, 0.05) is 32.1 Å². The van der Waals surface area contributed by atoms with Crippen molar-refractivity contribution in [2.75, 3.05) is 19.8 Å². The van der Waals surface area contributed by atoms with Crippen LogP contribution in [0.3, 0.4) is 0 Å². The van der Waals surface area contributed by atoms with E-state index in [1.807, 2.05) is 18.3 Å². The monoisotopic (exact) mass is 344 g/mol. The molecule has 1 aliphatic rings. The molecule has 3 rings (SSSR count). The Morgan fingerprint density at radius 2 is 2.32 bits per heavy atom. The summed E-state index contributed by atoms with van der Waals surface area (Å²) in [5.41, 5.74) is 1.61. The molecule has 0 spiro atoms. The van der Waals surface area contributed by atoms with Gasteiger partial charge in [0.15, 0.2) is 0 Å². The van der Waals surface area contributed by atoms with Crippen LogP contribution in [0.5, 0.6) is 0 Å². The lowest BCUT2D eigenvalue weighted by atomic mass is 10.2. The number of esters is 1. The van der Waals surface area contributed by atoms with Gasteiger partial charge >= 0.3 is 5.97 Å². The zero-order chi connectivity index (χ0) is 17.5. The molecule has 2 aromatic heterocycles. The van der Waals surface area contributed by atoms with E-state index < -0.39 is 0 Å². The average Bonchev–Trinajstić information content (AvgIpc) is 3.28. The van der Waals surface area contributed by atoms with Gasteiger partial charge in [0.2, 0.25) is 0 Å². The first kappa shape index (κ1) is 17.6. The summed E-state index contributed by atoms with van der Waals surface area (Å²) in [6.45, 7) is 4.99. The Labute approximate surface area is 147 Å². The molecule has 1 fully saturated rings. The van der Waals surface area contributed by atoms with Crippen molar-refractivity contribution in [1.29, 1.82) is 0 Å². The predicted molar refractivity (Wildman–Crippen MR) is 92.0 cm³/mol. The third-order valence-corrected chi connectivity index (χ3v) is 4.22. The fourth-order valence-electron chi connectivity index (χ4n) is 3.07. The second-order valence-corrected chi connectivity index (χ2v) is 6.14. The van der Waals surface area contributed by atoms with Crippen molar-refractivity contribution in [2.24, 2.45) is 0 Å². The fourth-order valence-corrected chi connectivity index (χ4v) is 3.07. The molecule has 0 N–H and O–H groups in total. The highest BCUT2D eigenvalue weighted by Gasteiger charge is 2.23. The third-order valence-electron chi connectivity index (χ3n) is 4.22. The van der Waals surface area contributed by atoms with E-state index in [0.29, 0.717) is 24.5 Å². The molecule has 0 aliphatic carbocycles. The lowest BCUT2D eigenvalue weighted by Gasteiger charge is -2.24. The molecular weight excluding hydrogens is 320 g/mol. The zero-order valence-electron chi connectivity index (χ0n) is 14.5. The molecule has 1 saturated heterocycles. The van der Waals surface area contributed by atoms with Crippen LogP contribution < -0.4 is 0 Å². The van der Waals surface area contributed by atoms with Crippen LogP contribution >= 0.6 is 0 Å². The van der Waals surface area contributed by atoms with Crippen molar-refractivity contribution in [3.63, 3.8) is 0 Å². The normalized spacial score (nSPS) is 17.1. The van der Waals surface area contributed by atoms with Crippen molar-refractivity contribution in [3.05, 3.63) is 53.7 Å². The van der Waals surface area contributed by atoms with Gasteiger partial charge in [-0.3, -0.25) is 9.88 Å². The van der Waals surface area contributed by atoms with Crippen molar-refractivity contribution in [3.8, 4) is 0 Å². The van der Waals surface area contributed by atoms with Crippen LogP contribution in [0.15, 0.2) is 41.3 Å². The quantitative estimate of drug-likeness (QED) is 0.686. The molecule has 6 heteroatoms. The Hall–Kier alpha value is -2.18. The van der Waals surface area contributed by atoms with E-state index in [9.17, 15) is 4.79 Å². The first-order valence-electron chi connectivity index (χ1n) is 8.72. The first-order valence-corrected chi connectivity index (χ1v) is 8.72. The molecule has 0 amide bonds. The number of carbonyl (C=O) groups excluding carboxylic acids is 1. The topological polar surface area (TPSA) is 64.8 Å². The number of nitrogens with zero attached hydrogens (tertiary/aromatic N) is 2. The second kappa shape index (κ2) is 8.78. The molecular formula is C19H24N2O4. The van der Waals surface area contributed by atoms with Gasteiger partial charge in [-0.25, -0.2) is 4.79 Å². The number of ether oxygens (including phenoxy) is 2. The minimum atomic E-state index is -0.343. The van der Waals surface area contributed by atoms with Crippen molar-refractivity contribution >= 4 is 5.97 Å². The number of rotatable bonds is 8.